The molecule has 0 bridgehead atoms. The zero-order valence-electron chi connectivity index (χ0n) is 9.86. The fourth-order valence-corrected chi connectivity index (χ4v) is 1.86. The molecule has 0 spiro atoms. The Balaban J connectivity index is 2.26. The Kier molecular flexibility index (Phi) is 5.44. The van der Waals surface area contributed by atoms with Gasteiger partial charge < -0.3 is 9.88 Å². The molecule has 1 rings (SSSR count). The van der Waals surface area contributed by atoms with Crippen molar-refractivity contribution in [3.63, 3.8) is 0 Å². The molecule has 0 saturated heterocycles. The van der Waals surface area contributed by atoms with E-state index in [4.69, 9.17) is 11.6 Å². The minimum atomic E-state index is -0.740. The summed E-state index contributed by atoms with van der Waals surface area (Å²) in [7, 11) is 1.14. The van der Waals surface area contributed by atoms with Gasteiger partial charge in [-0.25, -0.2) is 4.98 Å². The Morgan fingerprint density at radius 3 is 2.88 bits per heavy atom. The number of nitrogens with zero attached hydrogens (tertiary/aromatic N) is 2. The Hall–Kier alpha value is -0.390. The molecule has 0 fully saturated rings. The molecule has 1 heterocycles. The summed E-state index contributed by atoms with van der Waals surface area (Å²) >= 11 is 5.87. The molecule has 2 atom stereocenters. The Morgan fingerprint density at radius 1 is 1.69 bits per heavy atom. The van der Waals surface area contributed by atoms with E-state index in [-0.39, 0.29) is 5.25 Å². The van der Waals surface area contributed by atoms with Crippen LogP contribution >= 0.6 is 11.6 Å². The highest BCUT2D eigenvalue weighted by atomic mass is 35.5. The van der Waals surface area contributed by atoms with E-state index in [9.17, 15) is 4.21 Å². The predicted octanol–water partition coefficient (Wildman–Crippen LogP) is 1.32. The molecule has 0 aliphatic rings. The van der Waals surface area contributed by atoms with Crippen LogP contribution in [-0.4, -0.2) is 31.8 Å². The van der Waals surface area contributed by atoms with E-state index < -0.39 is 10.8 Å². The summed E-state index contributed by atoms with van der Waals surface area (Å²) in [6.07, 6.45) is 4.28. The molecule has 0 aliphatic carbocycles. The lowest BCUT2D eigenvalue weighted by Crippen LogP contribution is -2.22. The lowest BCUT2D eigenvalue weighted by molar-refractivity contribution is 0.604. The molecule has 16 heavy (non-hydrogen) atoms. The van der Waals surface area contributed by atoms with Crippen molar-refractivity contribution in [2.45, 2.75) is 25.1 Å². The minimum Gasteiger partial charge on any atom is -0.321 e. The number of nitrogens with one attached hydrogen (secondary N) is 1. The lowest BCUT2D eigenvalue weighted by atomic mass is 10.3. The highest BCUT2D eigenvalue weighted by Crippen LogP contribution is 2.08. The molecule has 1 N–H and O–H groups in total. The van der Waals surface area contributed by atoms with Gasteiger partial charge in [0, 0.05) is 29.4 Å². The van der Waals surface area contributed by atoms with Crippen LogP contribution in [0.3, 0.4) is 0 Å². The first kappa shape index (κ1) is 13.7. The van der Waals surface area contributed by atoms with Crippen molar-refractivity contribution in [3.05, 3.63) is 17.2 Å². The number of imidazole rings is 1. The second-order valence-corrected chi connectivity index (χ2v) is 6.02. The van der Waals surface area contributed by atoms with Crippen LogP contribution in [0.4, 0.5) is 0 Å². The molecule has 0 aliphatic heterocycles. The highest BCUT2D eigenvalue weighted by Gasteiger charge is 2.06. The van der Waals surface area contributed by atoms with Crippen molar-refractivity contribution in [1.82, 2.24) is 14.9 Å². The predicted molar refractivity (Wildman–Crippen MR) is 68.1 cm³/mol. The van der Waals surface area contributed by atoms with Crippen molar-refractivity contribution in [1.29, 1.82) is 0 Å². The number of aromatic nitrogens is 2. The fourth-order valence-electron chi connectivity index (χ4n) is 1.26. The summed E-state index contributed by atoms with van der Waals surface area (Å²) in [4.78, 5) is 4.18. The minimum absolute atomic E-state index is 0.234. The van der Waals surface area contributed by atoms with Gasteiger partial charge in [-0.05, 0) is 13.0 Å². The van der Waals surface area contributed by atoms with Crippen LogP contribution < -0.4 is 5.32 Å². The fraction of sp³-hybridized carbons (Fsp3) is 0.700. The molecule has 4 nitrogen and oxygen atoms in total. The van der Waals surface area contributed by atoms with E-state index in [2.05, 4.69) is 10.3 Å². The summed E-state index contributed by atoms with van der Waals surface area (Å²) in [5.41, 5.74) is 0. The van der Waals surface area contributed by atoms with Crippen molar-refractivity contribution < 1.29 is 4.21 Å². The van der Waals surface area contributed by atoms with Crippen molar-refractivity contribution in [2.75, 3.05) is 12.8 Å². The van der Waals surface area contributed by atoms with Crippen molar-refractivity contribution in [2.24, 2.45) is 7.05 Å². The van der Waals surface area contributed by atoms with Gasteiger partial charge in [0.15, 0.2) is 0 Å². The van der Waals surface area contributed by atoms with Crippen LogP contribution in [0.5, 0.6) is 0 Å². The molecule has 0 aromatic carbocycles. The quantitative estimate of drug-likeness (QED) is 0.788. The standard InChI is InChI=1S/C10H18ClN3OS/c1-8(16(3)15)4-5-12-7-10-13-6-9(11)14(10)2/h6,8,12H,4-5,7H2,1-3H3. The highest BCUT2D eigenvalue weighted by molar-refractivity contribution is 7.84. The number of rotatable bonds is 6. The first-order valence-electron chi connectivity index (χ1n) is 5.21. The first-order chi connectivity index (χ1) is 7.52. The van der Waals surface area contributed by atoms with Gasteiger partial charge in [0.05, 0.1) is 12.7 Å². The Morgan fingerprint density at radius 2 is 2.38 bits per heavy atom. The summed E-state index contributed by atoms with van der Waals surface area (Å²) < 4.78 is 13.0. The van der Waals surface area contributed by atoms with Crippen LogP contribution in [0.2, 0.25) is 5.15 Å². The van der Waals surface area contributed by atoms with Crippen molar-refractivity contribution in [3.8, 4) is 0 Å². The van der Waals surface area contributed by atoms with Crippen LogP contribution in [-0.2, 0) is 24.4 Å². The first-order valence-corrected chi connectivity index (χ1v) is 7.21. The zero-order chi connectivity index (χ0) is 12.1. The molecule has 0 saturated carbocycles. The van der Waals surface area contributed by atoms with Gasteiger partial charge in [-0.2, -0.15) is 0 Å². The smallest absolute Gasteiger partial charge is 0.128 e. The molecular weight excluding hydrogens is 246 g/mol. The van der Waals surface area contributed by atoms with Crippen LogP contribution in [0, 0.1) is 0 Å². The molecule has 0 radical (unpaired) electrons. The zero-order valence-corrected chi connectivity index (χ0v) is 11.4. The topological polar surface area (TPSA) is 46.9 Å². The maximum atomic E-state index is 11.1. The number of halogens is 1. The third-order valence-corrected chi connectivity index (χ3v) is 4.33. The monoisotopic (exact) mass is 263 g/mol. The normalized spacial score (nSPS) is 15.0. The van der Waals surface area contributed by atoms with E-state index in [0.717, 1.165) is 18.8 Å². The molecule has 1 aromatic heterocycles. The molecule has 6 heteroatoms. The average Bonchev–Trinajstić information content (AvgIpc) is 2.55. The van der Waals surface area contributed by atoms with E-state index in [0.29, 0.717) is 11.7 Å². The Labute approximate surface area is 104 Å². The Bertz CT molecular complexity index is 367. The molecule has 1 aromatic rings. The summed E-state index contributed by atoms with van der Waals surface area (Å²) in [5, 5.41) is 4.14. The van der Waals surface area contributed by atoms with Crippen LogP contribution in [0.25, 0.3) is 0 Å². The maximum absolute atomic E-state index is 11.1. The van der Waals surface area contributed by atoms with Gasteiger partial charge in [-0.3, -0.25) is 4.21 Å². The largest absolute Gasteiger partial charge is 0.321 e. The van der Waals surface area contributed by atoms with E-state index >= 15 is 0 Å². The van der Waals surface area contributed by atoms with Gasteiger partial charge in [-0.1, -0.05) is 18.5 Å². The molecule has 2 unspecified atom stereocenters. The third kappa shape index (κ3) is 3.88. The van der Waals surface area contributed by atoms with Crippen molar-refractivity contribution >= 4 is 22.4 Å². The average molecular weight is 264 g/mol. The summed E-state index contributed by atoms with van der Waals surface area (Å²) in [5.74, 6) is 0.912. The summed E-state index contributed by atoms with van der Waals surface area (Å²) in [6.45, 7) is 3.52. The second kappa shape index (κ2) is 6.37. The van der Waals surface area contributed by atoms with Gasteiger partial charge in [0.25, 0.3) is 0 Å². The molecular formula is C10H18ClN3OS. The second-order valence-electron chi connectivity index (χ2n) is 3.83. The lowest BCUT2D eigenvalue weighted by Gasteiger charge is -2.09. The molecule has 0 amide bonds. The van der Waals surface area contributed by atoms with Gasteiger partial charge in [0.2, 0.25) is 0 Å². The van der Waals surface area contributed by atoms with Gasteiger partial charge in [-0.15, -0.1) is 0 Å². The van der Waals surface area contributed by atoms with Crippen LogP contribution in [0.15, 0.2) is 6.20 Å². The van der Waals surface area contributed by atoms with Gasteiger partial charge >= 0.3 is 0 Å². The van der Waals surface area contributed by atoms with E-state index in [1.54, 1.807) is 12.5 Å². The maximum Gasteiger partial charge on any atom is 0.128 e. The number of hydrogen-bond acceptors (Lipinski definition) is 3. The SMILES string of the molecule is CC(CCNCc1ncc(Cl)n1C)S(C)=O. The number of hydrogen-bond donors (Lipinski definition) is 1. The third-order valence-electron chi connectivity index (χ3n) is 2.61. The van der Waals surface area contributed by atoms with E-state index in [1.165, 1.54) is 0 Å². The van der Waals surface area contributed by atoms with Crippen LogP contribution in [0.1, 0.15) is 19.2 Å². The van der Waals surface area contributed by atoms with E-state index in [1.807, 2.05) is 18.5 Å². The van der Waals surface area contributed by atoms with Gasteiger partial charge in [0.1, 0.15) is 11.0 Å². The summed E-state index contributed by atoms with van der Waals surface area (Å²) in [6, 6.07) is 0. The molecule has 92 valence electrons.